The number of benzene rings is 2. The van der Waals surface area contributed by atoms with Gasteiger partial charge in [-0.2, -0.15) is 0 Å². The van der Waals surface area contributed by atoms with Crippen molar-refractivity contribution in [2.24, 2.45) is 5.41 Å². The highest BCUT2D eigenvalue weighted by molar-refractivity contribution is 6.19. The third kappa shape index (κ3) is 5.05. The number of fused-ring (bicyclic) bond motifs is 3. The lowest BCUT2D eigenvalue weighted by molar-refractivity contribution is -0.137. The highest BCUT2D eigenvalue weighted by Crippen LogP contribution is 2.39. The van der Waals surface area contributed by atoms with Crippen LogP contribution in [-0.4, -0.2) is 48.2 Å². The second kappa shape index (κ2) is 10.9. The average Bonchev–Trinajstić information content (AvgIpc) is 3.62. The first kappa shape index (κ1) is 28.5. The van der Waals surface area contributed by atoms with E-state index in [0.29, 0.717) is 66.6 Å². The van der Waals surface area contributed by atoms with Crippen LogP contribution in [0.2, 0.25) is 0 Å². The smallest absolute Gasteiger partial charge is 0.261 e. The topological polar surface area (TPSA) is 97.5 Å². The number of aromatic nitrogens is 1. The van der Waals surface area contributed by atoms with Gasteiger partial charge in [-0.25, -0.2) is 0 Å². The fourth-order valence-electron chi connectivity index (χ4n) is 6.00. The fourth-order valence-corrected chi connectivity index (χ4v) is 6.00. The minimum atomic E-state index is -1.17. The molecule has 224 valence electrons. The molecule has 4 aromatic rings. The third-order valence-corrected chi connectivity index (χ3v) is 8.34. The summed E-state index contributed by atoms with van der Waals surface area (Å²) in [6.07, 6.45) is 1.77. The van der Waals surface area contributed by atoms with E-state index in [4.69, 9.17) is 13.9 Å². The first-order chi connectivity index (χ1) is 20.6. The number of rotatable bonds is 8. The maximum atomic E-state index is 13.4. The molecule has 0 fully saturated rings. The van der Waals surface area contributed by atoms with E-state index < -0.39 is 5.41 Å². The molecular formula is C33H36N4O6. The summed E-state index contributed by atoms with van der Waals surface area (Å²) in [5.74, 6) is 1.68. The molecule has 0 saturated carbocycles. The van der Waals surface area contributed by atoms with Crippen LogP contribution in [0, 0.1) is 12.3 Å². The monoisotopic (exact) mass is 584 g/mol. The summed E-state index contributed by atoms with van der Waals surface area (Å²) in [6.45, 7) is 9.84. The van der Waals surface area contributed by atoms with Gasteiger partial charge in [-0.3, -0.25) is 19.3 Å². The van der Waals surface area contributed by atoms with E-state index in [2.05, 4.69) is 4.90 Å². The molecule has 2 amide bonds. The third-order valence-electron chi connectivity index (χ3n) is 8.34. The zero-order valence-electron chi connectivity index (χ0n) is 25.2. The number of carbonyl (C=O) groups is 2. The van der Waals surface area contributed by atoms with Gasteiger partial charge >= 0.3 is 0 Å². The number of hydrogen-bond donors (Lipinski definition) is 0. The molecule has 4 heterocycles. The summed E-state index contributed by atoms with van der Waals surface area (Å²) in [5.41, 5.74) is 2.67. The molecule has 2 aliphatic rings. The minimum Gasteiger partial charge on any atom is -0.461 e. The summed E-state index contributed by atoms with van der Waals surface area (Å²) in [7, 11) is 1.72. The molecule has 2 aromatic heterocycles. The highest BCUT2D eigenvalue weighted by atomic mass is 16.7. The van der Waals surface area contributed by atoms with Gasteiger partial charge < -0.3 is 28.3 Å². The number of furan rings is 1. The Labute approximate surface area is 250 Å². The lowest BCUT2D eigenvalue weighted by atomic mass is 9.90. The zero-order chi connectivity index (χ0) is 30.5. The predicted octanol–water partition coefficient (Wildman–Crippen LogP) is 4.69. The summed E-state index contributed by atoms with van der Waals surface area (Å²) in [6, 6.07) is 15.4. The van der Waals surface area contributed by atoms with Crippen molar-refractivity contribution in [3.63, 3.8) is 0 Å². The molecule has 10 heteroatoms. The Hall–Kier alpha value is -4.57. The van der Waals surface area contributed by atoms with Crippen LogP contribution >= 0.6 is 0 Å². The molecule has 0 atom stereocenters. The van der Waals surface area contributed by atoms with E-state index in [1.165, 1.54) is 0 Å². The van der Waals surface area contributed by atoms with Gasteiger partial charge in [0, 0.05) is 51.5 Å². The van der Waals surface area contributed by atoms with Crippen molar-refractivity contribution in [3.8, 4) is 11.5 Å². The standard InChI is InChI=1S/C33H36N4O6/c1-6-37-25-11-10-22(17-26(25)34(5)31(39)33(3,4)32(37)40)18-35(19-23-8-7-9-28-29(23)42-20-41-28)14-15-36-13-12-27-24(30(36)38)16-21(2)43-27/h7-13,16-17H,6,14-15,18-20H2,1-5H3. The number of nitrogens with zero attached hydrogens (tertiary/aromatic N) is 4. The van der Waals surface area contributed by atoms with Crippen LogP contribution in [0.5, 0.6) is 11.5 Å². The van der Waals surface area contributed by atoms with Crippen molar-refractivity contribution < 1.29 is 23.5 Å². The fraction of sp³-hybridized carbons (Fsp3) is 0.364. The van der Waals surface area contributed by atoms with Crippen molar-refractivity contribution in [1.82, 2.24) is 9.47 Å². The molecule has 2 aromatic carbocycles. The van der Waals surface area contributed by atoms with E-state index >= 15 is 0 Å². The van der Waals surface area contributed by atoms with E-state index in [9.17, 15) is 14.4 Å². The molecule has 0 spiro atoms. The highest BCUT2D eigenvalue weighted by Gasteiger charge is 2.45. The predicted molar refractivity (Wildman–Crippen MR) is 164 cm³/mol. The van der Waals surface area contributed by atoms with Crippen molar-refractivity contribution in [1.29, 1.82) is 0 Å². The molecule has 0 aliphatic carbocycles. The molecule has 2 aliphatic heterocycles. The van der Waals surface area contributed by atoms with Gasteiger partial charge in [-0.05, 0) is 63.6 Å². The Balaban J connectivity index is 1.33. The SMILES string of the molecule is CCN1C(=O)C(C)(C)C(=O)N(C)c2cc(CN(CCn3ccc4oc(C)cc4c3=O)Cc3cccc4c3OCO4)ccc21. The Morgan fingerprint density at radius 2 is 1.77 bits per heavy atom. The molecule has 0 bridgehead atoms. The number of aryl methyl sites for hydroxylation is 1. The minimum absolute atomic E-state index is 0.0938. The Morgan fingerprint density at radius 1 is 0.953 bits per heavy atom. The zero-order valence-corrected chi connectivity index (χ0v) is 25.2. The number of ether oxygens (including phenoxy) is 2. The summed E-state index contributed by atoms with van der Waals surface area (Å²) < 4.78 is 18.7. The van der Waals surface area contributed by atoms with Crippen LogP contribution in [-0.2, 0) is 29.2 Å². The number of carbonyl (C=O) groups excluding carboxylic acids is 2. The van der Waals surface area contributed by atoms with Gasteiger partial charge in [0.25, 0.3) is 5.56 Å². The van der Waals surface area contributed by atoms with Crippen LogP contribution in [0.15, 0.2) is 63.9 Å². The summed E-state index contributed by atoms with van der Waals surface area (Å²) >= 11 is 0. The van der Waals surface area contributed by atoms with Gasteiger partial charge in [0.15, 0.2) is 11.5 Å². The van der Waals surface area contributed by atoms with Crippen molar-refractivity contribution in [2.75, 3.05) is 36.7 Å². The normalized spacial score (nSPS) is 15.9. The number of pyridine rings is 1. The molecule has 0 saturated heterocycles. The van der Waals surface area contributed by atoms with Crippen LogP contribution < -0.4 is 24.8 Å². The maximum Gasteiger partial charge on any atom is 0.261 e. The van der Waals surface area contributed by atoms with Crippen LogP contribution in [0.25, 0.3) is 11.0 Å². The Kier molecular flexibility index (Phi) is 7.25. The maximum absolute atomic E-state index is 13.4. The number of anilines is 2. The van der Waals surface area contributed by atoms with E-state index in [0.717, 1.165) is 16.9 Å². The molecule has 6 rings (SSSR count). The number of hydrogen-bond acceptors (Lipinski definition) is 7. The lowest BCUT2D eigenvalue weighted by Crippen LogP contribution is -2.47. The first-order valence-electron chi connectivity index (χ1n) is 14.5. The van der Waals surface area contributed by atoms with Gasteiger partial charge in [-0.15, -0.1) is 0 Å². The number of para-hydroxylation sites is 1. The van der Waals surface area contributed by atoms with Gasteiger partial charge in [0.05, 0.1) is 16.8 Å². The van der Waals surface area contributed by atoms with Crippen LogP contribution in [0.1, 0.15) is 37.7 Å². The molecule has 10 nitrogen and oxygen atoms in total. The molecule has 0 N–H and O–H groups in total. The average molecular weight is 585 g/mol. The molecule has 0 unspecified atom stereocenters. The van der Waals surface area contributed by atoms with Gasteiger partial charge in [-0.1, -0.05) is 18.2 Å². The second-order valence-electron chi connectivity index (χ2n) is 11.7. The van der Waals surface area contributed by atoms with Crippen LogP contribution in [0.3, 0.4) is 0 Å². The summed E-state index contributed by atoms with van der Waals surface area (Å²) in [4.78, 5) is 45.4. The quantitative estimate of drug-likeness (QED) is 0.277. The summed E-state index contributed by atoms with van der Waals surface area (Å²) in [5, 5.41) is 0.564. The van der Waals surface area contributed by atoms with Crippen molar-refractivity contribution >= 4 is 34.2 Å². The lowest BCUT2D eigenvalue weighted by Gasteiger charge is -2.27. The number of amides is 2. The van der Waals surface area contributed by atoms with E-state index in [1.807, 2.05) is 56.3 Å². The van der Waals surface area contributed by atoms with E-state index in [1.54, 1.807) is 47.5 Å². The van der Waals surface area contributed by atoms with Gasteiger partial charge in [0.2, 0.25) is 18.6 Å². The Bertz CT molecular complexity index is 1790. The van der Waals surface area contributed by atoms with E-state index in [-0.39, 0.29) is 24.2 Å². The molecular weight excluding hydrogens is 548 g/mol. The van der Waals surface area contributed by atoms with Crippen molar-refractivity contribution in [3.05, 3.63) is 82.0 Å². The Morgan fingerprint density at radius 3 is 2.56 bits per heavy atom. The largest absolute Gasteiger partial charge is 0.461 e. The van der Waals surface area contributed by atoms with Gasteiger partial charge in [0.1, 0.15) is 16.8 Å². The molecule has 43 heavy (non-hydrogen) atoms. The van der Waals surface area contributed by atoms with Crippen molar-refractivity contribution in [2.45, 2.75) is 47.3 Å². The first-order valence-corrected chi connectivity index (χ1v) is 14.5. The van der Waals surface area contributed by atoms with Crippen LogP contribution in [0.4, 0.5) is 11.4 Å². The second-order valence-corrected chi connectivity index (χ2v) is 11.7. The molecule has 0 radical (unpaired) electrons.